The first-order valence-electron chi connectivity index (χ1n) is 3.90. The molecule has 80 valence electrons. The van der Waals surface area contributed by atoms with Crippen LogP contribution in [0.3, 0.4) is 0 Å². The third kappa shape index (κ3) is 4.47. The average Bonchev–Trinajstić information content (AvgIpc) is 2.10. The van der Waals surface area contributed by atoms with E-state index in [0.29, 0.717) is 12.8 Å². The van der Waals surface area contributed by atoms with Crippen molar-refractivity contribution in [2.75, 3.05) is 5.32 Å². The Morgan fingerprint density at radius 3 is 2.00 bits per heavy atom. The number of rotatable bonds is 2. The van der Waals surface area contributed by atoms with E-state index in [1.165, 1.54) is 19.1 Å². The minimum absolute atomic E-state index is 0. The number of carboxylic acid groups (broad SMARTS) is 1. The van der Waals surface area contributed by atoms with E-state index < -0.39 is 5.97 Å². The second-order valence-electron chi connectivity index (χ2n) is 2.78. The molecule has 0 saturated carbocycles. The van der Waals surface area contributed by atoms with Crippen molar-refractivity contribution < 1.29 is 44.3 Å². The predicted octanol–water partition coefficient (Wildman–Crippen LogP) is -1.78. The molecule has 0 radical (unpaired) electrons. The summed E-state index contributed by atoms with van der Waals surface area (Å²) in [5.41, 5.74) is 0.742. The first-order valence-corrected chi connectivity index (χ1v) is 6.05. The molecule has 1 amide bonds. The number of amides is 1. The van der Waals surface area contributed by atoms with Crippen molar-refractivity contribution in [3.8, 4) is 0 Å². The number of nitrogens with one attached hydrogen (secondary N) is 1. The number of halogens is 2. The fraction of sp³-hybridized carbons (Fsp3) is 0.111. The molecular formula is C9H6I2NNaO3. The van der Waals surface area contributed by atoms with Crippen molar-refractivity contribution >= 4 is 62.7 Å². The van der Waals surface area contributed by atoms with Gasteiger partial charge >= 0.3 is 29.6 Å². The Balaban J connectivity index is 0.00000225. The summed E-state index contributed by atoms with van der Waals surface area (Å²) in [6, 6.07) is 2.92. The van der Waals surface area contributed by atoms with Gasteiger partial charge in [-0.2, -0.15) is 0 Å². The molecule has 0 aliphatic carbocycles. The van der Waals surface area contributed by atoms with Crippen molar-refractivity contribution in [2.45, 2.75) is 6.92 Å². The zero-order valence-corrected chi connectivity index (χ0v) is 15.0. The summed E-state index contributed by atoms with van der Waals surface area (Å²) in [4.78, 5) is 21.5. The van der Waals surface area contributed by atoms with Crippen LogP contribution in [0.15, 0.2) is 12.1 Å². The second kappa shape index (κ2) is 7.14. The molecule has 0 unspecified atom stereocenters. The van der Waals surface area contributed by atoms with Crippen LogP contribution in [0, 0.1) is 7.14 Å². The third-order valence-electron chi connectivity index (χ3n) is 1.58. The number of carboxylic acids is 1. The molecule has 1 aromatic rings. The van der Waals surface area contributed by atoms with Gasteiger partial charge in [0.15, 0.2) is 0 Å². The van der Waals surface area contributed by atoms with Crippen LogP contribution in [0.1, 0.15) is 17.3 Å². The predicted molar refractivity (Wildman–Crippen MR) is 70.5 cm³/mol. The van der Waals surface area contributed by atoms with Gasteiger partial charge in [-0.15, -0.1) is 0 Å². The summed E-state index contributed by atoms with van der Waals surface area (Å²) in [7, 11) is 0. The molecule has 0 spiro atoms. The van der Waals surface area contributed by atoms with Crippen LogP contribution in [0.2, 0.25) is 0 Å². The minimum atomic E-state index is -1.22. The van der Waals surface area contributed by atoms with Gasteiger partial charge in [-0.05, 0) is 62.9 Å². The largest absolute Gasteiger partial charge is 1.00 e. The van der Waals surface area contributed by atoms with E-state index >= 15 is 0 Å². The maximum absolute atomic E-state index is 10.9. The van der Waals surface area contributed by atoms with Crippen LogP contribution < -0.4 is 40.0 Å². The number of anilines is 1. The topological polar surface area (TPSA) is 69.2 Å². The number of carbonyl (C=O) groups is 2. The van der Waals surface area contributed by atoms with Crippen LogP contribution in [-0.4, -0.2) is 11.9 Å². The average molecular weight is 453 g/mol. The Bertz CT molecular complexity index is 414. The van der Waals surface area contributed by atoms with Crippen LogP contribution in [0.25, 0.3) is 0 Å². The molecule has 0 fully saturated rings. The number of aromatic carboxylic acids is 1. The van der Waals surface area contributed by atoms with Gasteiger partial charge in [0, 0.05) is 14.1 Å². The molecule has 0 aliphatic rings. The molecule has 1 N–H and O–H groups in total. The van der Waals surface area contributed by atoms with Crippen LogP contribution >= 0.6 is 45.2 Å². The van der Waals surface area contributed by atoms with Crippen LogP contribution in [-0.2, 0) is 4.79 Å². The molecule has 0 saturated heterocycles. The second-order valence-corrected chi connectivity index (χ2v) is 5.11. The molecule has 7 heteroatoms. The number of benzene rings is 1. The van der Waals surface area contributed by atoms with Crippen LogP contribution in [0.5, 0.6) is 0 Å². The monoisotopic (exact) mass is 453 g/mol. The maximum atomic E-state index is 10.9. The zero-order valence-electron chi connectivity index (χ0n) is 8.64. The summed E-state index contributed by atoms with van der Waals surface area (Å²) >= 11 is 3.94. The summed E-state index contributed by atoms with van der Waals surface area (Å²) in [6.07, 6.45) is 0. The molecule has 4 nitrogen and oxygen atoms in total. The Morgan fingerprint density at radius 1 is 1.25 bits per heavy atom. The molecular weight excluding hydrogens is 447 g/mol. The van der Waals surface area contributed by atoms with Gasteiger partial charge in [0.25, 0.3) is 0 Å². The number of hydrogen-bond donors (Lipinski definition) is 1. The van der Waals surface area contributed by atoms with E-state index in [-0.39, 0.29) is 41.0 Å². The fourth-order valence-electron chi connectivity index (χ4n) is 0.986. The smallest absolute Gasteiger partial charge is 0.545 e. The van der Waals surface area contributed by atoms with Crippen molar-refractivity contribution in [2.24, 2.45) is 0 Å². The summed E-state index contributed by atoms with van der Waals surface area (Å²) < 4.78 is 1.35. The Labute approximate surface area is 142 Å². The van der Waals surface area contributed by atoms with E-state index in [1.807, 2.05) is 45.2 Å². The first-order chi connectivity index (χ1) is 6.91. The SMILES string of the molecule is CC(=O)Nc1c(I)cc(C(=O)[O-])cc1I.[Na+]. The summed E-state index contributed by atoms with van der Waals surface area (Å²) in [5.74, 6) is -1.41. The molecule has 0 heterocycles. The van der Waals surface area contributed by atoms with E-state index in [2.05, 4.69) is 5.32 Å². The molecule has 0 aliphatic heterocycles. The van der Waals surface area contributed by atoms with Crippen molar-refractivity contribution in [1.82, 2.24) is 0 Å². The van der Waals surface area contributed by atoms with E-state index in [0.717, 1.165) is 0 Å². The zero-order chi connectivity index (χ0) is 11.6. The quantitative estimate of drug-likeness (QED) is 0.426. The molecule has 0 atom stereocenters. The van der Waals surface area contributed by atoms with E-state index in [1.54, 1.807) is 0 Å². The summed E-state index contributed by atoms with van der Waals surface area (Å²) in [6.45, 7) is 1.40. The third-order valence-corrected chi connectivity index (χ3v) is 3.28. The maximum Gasteiger partial charge on any atom is 1.00 e. The normalized spacial score (nSPS) is 9.19. The van der Waals surface area contributed by atoms with Gasteiger partial charge in [-0.25, -0.2) is 0 Å². The Morgan fingerprint density at radius 2 is 1.69 bits per heavy atom. The fourth-order valence-corrected chi connectivity index (χ4v) is 3.02. The molecule has 0 bridgehead atoms. The molecule has 1 rings (SSSR count). The number of carbonyl (C=O) groups excluding carboxylic acids is 2. The van der Waals surface area contributed by atoms with Crippen molar-refractivity contribution in [3.05, 3.63) is 24.8 Å². The van der Waals surface area contributed by atoms with Crippen LogP contribution in [0.4, 0.5) is 5.69 Å². The number of hydrogen-bond acceptors (Lipinski definition) is 3. The Kier molecular flexibility index (Phi) is 7.42. The van der Waals surface area contributed by atoms with Gasteiger partial charge in [-0.1, -0.05) is 0 Å². The van der Waals surface area contributed by atoms with E-state index in [9.17, 15) is 14.7 Å². The Hall–Kier alpha value is 0.620. The van der Waals surface area contributed by atoms with Gasteiger partial charge in [0.05, 0.1) is 11.7 Å². The van der Waals surface area contributed by atoms with E-state index in [4.69, 9.17) is 0 Å². The minimum Gasteiger partial charge on any atom is -0.545 e. The first kappa shape index (κ1) is 16.6. The standard InChI is InChI=1S/C9H7I2NO3.Na/c1-4(13)12-8-6(10)2-5(9(14)15)3-7(8)11;/h2-3H,1H3,(H,12,13)(H,14,15);/q;+1/p-1. The molecule has 1 aromatic carbocycles. The summed E-state index contributed by atoms with van der Waals surface area (Å²) in [5, 5.41) is 13.3. The van der Waals surface area contributed by atoms with Gasteiger partial charge in [0.1, 0.15) is 0 Å². The van der Waals surface area contributed by atoms with Gasteiger partial charge in [0.2, 0.25) is 5.91 Å². The molecule has 0 aromatic heterocycles. The van der Waals surface area contributed by atoms with Gasteiger partial charge < -0.3 is 15.2 Å². The van der Waals surface area contributed by atoms with Gasteiger partial charge in [-0.3, -0.25) is 4.79 Å². The molecule has 16 heavy (non-hydrogen) atoms. The van der Waals surface area contributed by atoms with Crippen molar-refractivity contribution in [3.63, 3.8) is 0 Å². The van der Waals surface area contributed by atoms with Crippen molar-refractivity contribution in [1.29, 1.82) is 0 Å².